The molecular formula is C9H19N3O4S. The first-order chi connectivity index (χ1) is 7.81. The SMILES string of the molecule is CC(C)NS(=O)(=O)N1CCN(CC(=O)O)CC1. The molecule has 0 saturated carbocycles. The Bertz CT molecular complexity index is 360. The predicted molar refractivity (Wildman–Crippen MR) is 62.8 cm³/mol. The van der Waals surface area contributed by atoms with E-state index in [0.717, 1.165) is 0 Å². The number of aliphatic carboxylic acids is 1. The van der Waals surface area contributed by atoms with Crippen molar-refractivity contribution < 1.29 is 18.3 Å². The highest BCUT2D eigenvalue weighted by molar-refractivity contribution is 7.87. The van der Waals surface area contributed by atoms with E-state index in [2.05, 4.69) is 4.72 Å². The fourth-order valence-corrected chi connectivity index (χ4v) is 3.08. The molecule has 1 fully saturated rings. The number of hydrogen-bond donors (Lipinski definition) is 2. The standard InChI is InChI=1S/C9H19N3O4S/c1-8(2)10-17(15,16)12-5-3-11(4-6-12)7-9(13)14/h8,10H,3-7H2,1-2H3,(H,13,14). The summed E-state index contributed by atoms with van der Waals surface area (Å²) >= 11 is 0. The molecule has 1 aliphatic rings. The maximum atomic E-state index is 11.8. The average molecular weight is 265 g/mol. The molecule has 8 heteroatoms. The maximum Gasteiger partial charge on any atom is 0.317 e. The molecular weight excluding hydrogens is 246 g/mol. The summed E-state index contributed by atoms with van der Waals surface area (Å²) in [6.45, 7) is 5.04. The van der Waals surface area contributed by atoms with E-state index in [1.54, 1.807) is 18.7 Å². The van der Waals surface area contributed by atoms with Crippen LogP contribution in [0.4, 0.5) is 0 Å². The number of piperazine rings is 1. The van der Waals surface area contributed by atoms with E-state index >= 15 is 0 Å². The average Bonchev–Trinajstić information content (AvgIpc) is 2.15. The van der Waals surface area contributed by atoms with Crippen molar-refractivity contribution in [1.29, 1.82) is 0 Å². The van der Waals surface area contributed by atoms with Gasteiger partial charge in [0, 0.05) is 32.2 Å². The third-order valence-corrected chi connectivity index (χ3v) is 4.23. The monoisotopic (exact) mass is 265 g/mol. The molecule has 2 N–H and O–H groups in total. The molecule has 0 amide bonds. The lowest BCUT2D eigenvalue weighted by molar-refractivity contribution is -0.138. The van der Waals surface area contributed by atoms with Crippen LogP contribution < -0.4 is 4.72 Å². The summed E-state index contributed by atoms with van der Waals surface area (Å²) in [4.78, 5) is 12.2. The van der Waals surface area contributed by atoms with Crippen molar-refractivity contribution in [2.45, 2.75) is 19.9 Å². The van der Waals surface area contributed by atoms with Crippen molar-refractivity contribution in [3.63, 3.8) is 0 Å². The second-order valence-electron chi connectivity index (χ2n) is 4.35. The molecule has 0 aromatic rings. The second kappa shape index (κ2) is 5.76. The van der Waals surface area contributed by atoms with Crippen molar-refractivity contribution in [3.05, 3.63) is 0 Å². The first-order valence-electron chi connectivity index (χ1n) is 5.53. The van der Waals surface area contributed by atoms with Gasteiger partial charge in [-0.05, 0) is 13.8 Å². The zero-order valence-electron chi connectivity index (χ0n) is 10.1. The molecule has 0 bridgehead atoms. The molecule has 0 aromatic heterocycles. The Labute approximate surface area is 102 Å². The lowest BCUT2D eigenvalue weighted by atomic mass is 10.3. The van der Waals surface area contributed by atoms with Crippen LogP contribution in [0.1, 0.15) is 13.8 Å². The van der Waals surface area contributed by atoms with Crippen LogP contribution in [0, 0.1) is 0 Å². The van der Waals surface area contributed by atoms with E-state index in [4.69, 9.17) is 5.11 Å². The minimum Gasteiger partial charge on any atom is -0.480 e. The molecule has 0 radical (unpaired) electrons. The predicted octanol–water partition coefficient (Wildman–Crippen LogP) is -1.07. The molecule has 1 saturated heterocycles. The molecule has 1 aliphatic heterocycles. The minimum absolute atomic E-state index is 0.0362. The molecule has 0 unspecified atom stereocenters. The summed E-state index contributed by atoms with van der Waals surface area (Å²) in [6, 6.07) is -0.142. The Balaban J connectivity index is 2.49. The molecule has 1 heterocycles. The molecule has 7 nitrogen and oxygen atoms in total. The van der Waals surface area contributed by atoms with Crippen LogP contribution in [0.5, 0.6) is 0 Å². The summed E-state index contributed by atoms with van der Waals surface area (Å²) in [5.41, 5.74) is 0. The van der Waals surface area contributed by atoms with Gasteiger partial charge in [0.15, 0.2) is 0 Å². The second-order valence-corrected chi connectivity index (χ2v) is 6.05. The first-order valence-corrected chi connectivity index (χ1v) is 6.97. The van der Waals surface area contributed by atoms with Gasteiger partial charge in [-0.25, -0.2) is 0 Å². The van der Waals surface area contributed by atoms with Crippen LogP contribution in [-0.4, -0.2) is 67.5 Å². The van der Waals surface area contributed by atoms with E-state index < -0.39 is 16.2 Å². The van der Waals surface area contributed by atoms with Gasteiger partial charge in [0.05, 0.1) is 6.54 Å². The van der Waals surface area contributed by atoms with Crippen LogP contribution in [0.15, 0.2) is 0 Å². The highest BCUT2D eigenvalue weighted by atomic mass is 32.2. The Hall–Kier alpha value is -0.700. The van der Waals surface area contributed by atoms with E-state index in [9.17, 15) is 13.2 Å². The first kappa shape index (κ1) is 14.4. The van der Waals surface area contributed by atoms with Crippen molar-refractivity contribution in [1.82, 2.24) is 13.9 Å². The zero-order valence-corrected chi connectivity index (χ0v) is 10.9. The van der Waals surface area contributed by atoms with E-state index in [-0.39, 0.29) is 12.6 Å². The van der Waals surface area contributed by atoms with Crippen LogP contribution in [0.3, 0.4) is 0 Å². The number of carboxylic acids is 1. The molecule has 0 aromatic carbocycles. The Kier molecular flexibility index (Phi) is 4.87. The molecule has 17 heavy (non-hydrogen) atoms. The van der Waals surface area contributed by atoms with Crippen molar-refractivity contribution in [2.24, 2.45) is 0 Å². The Morgan fingerprint density at radius 3 is 2.24 bits per heavy atom. The number of rotatable bonds is 5. The number of nitrogens with one attached hydrogen (secondary N) is 1. The lowest BCUT2D eigenvalue weighted by Gasteiger charge is -2.33. The van der Waals surface area contributed by atoms with Gasteiger partial charge in [-0.1, -0.05) is 0 Å². The molecule has 0 atom stereocenters. The normalized spacial score (nSPS) is 19.7. The molecule has 1 rings (SSSR count). The van der Waals surface area contributed by atoms with Gasteiger partial charge < -0.3 is 5.11 Å². The molecule has 100 valence electrons. The summed E-state index contributed by atoms with van der Waals surface area (Å²) in [5.74, 6) is -0.887. The molecule has 0 spiro atoms. The topological polar surface area (TPSA) is 90.0 Å². The smallest absolute Gasteiger partial charge is 0.317 e. The summed E-state index contributed by atoms with van der Waals surface area (Å²) in [6.07, 6.45) is 0. The quantitative estimate of drug-likeness (QED) is 0.661. The van der Waals surface area contributed by atoms with Gasteiger partial charge in [0.25, 0.3) is 10.2 Å². The van der Waals surface area contributed by atoms with Crippen LogP contribution in [0.2, 0.25) is 0 Å². The third-order valence-electron chi connectivity index (χ3n) is 2.41. The van der Waals surface area contributed by atoms with Gasteiger partial charge in [-0.3, -0.25) is 9.69 Å². The van der Waals surface area contributed by atoms with Crippen LogP contribution >= 0.6 is 0 Å². The summed E-state index contributed by atoms with van der Waals surface area (Å²) < 4.78 is 27.5. The van der Waals surface area contributed by atoms with Gasteiger partial charge in [-0.15, -0.1) is 0 Å². The number of carbonyl (C=O) groups is 1. The summed E-state index contributed by atoms with van der Waals surface area (Å²) in [7, 11) is -3.43. The number of carboxylic acid groups (broad SMARTS) is 1. The van der Waals surface area contributed by atoms with Gasteiger partial charge in [-0.2, -0.15) is 17.4 Å². The largest absolute Gasteiger partial charge is 0.480 e. The highest BCUT2D eigenvalue weighted by Crippen LogP contribution is 2.06. The maximum absolute atomic E-state index is 11.8. The molecule has 0 aliphatic carbocycles. The van der Waals surface area contributed by atoms with Gasteiger partial charge >= 0.3 is 5.97 Å². The van der Waals surface area contributed by atoms with Gasteiger partial charge in [0.2, 0.25) is 0 Å². The van der Waals surface area contributed by atoms with Crippen molar-refractivity contribution in [2.75, 3.05) is 32.7 Å². The highest BCUT2D eigenvalue weighted by Gasteiger charge is 2.27. The fraction of sp³-hybridized carbons (Fsp3) is 0.889. The Morgan fingerprint density at radius 1 is 1.29 bits per heavy atom. The summed E-state index contributed by atoms with van der Waals surface area (Å²) in [5, 5.41) is 8.62. The van der Waals surface area contributed by atoms with Crippen LogP contribution in [0.25, 0.3) is 0 Å². The van der Waals surface area contributed by atoms with Gasteiger partial charge in [0.1, 0.15) is 0 Å². The van der Waals surface area contributed by atoms with E-state index in [1.807, 2.05) is 0 Å². The van der Waals surface area contributed by atoms with Crippen molar-refractivity contribution in [3.8, 4) is 0 Å². The number of hydrogen-bond acceptors (Lipinski definition) is 4. The van der Waals surface area contributed by atoms with Crippen molar-refractivity contribution >= 4 is 16.2 Å². The number of nitrogens with zero attached hydrogens (tertiary/aromatic N) is 2. The lowest BCUT2D eigenvalue weighted by Crippen LogP contribution is -2.53. The van der Waals surface area contributed by atoms with E-state index in [0.29, 0.717) is 26.2 Å². The minimum atomic E-state index is -3.43. The fourth-order valence-electron chi connectivity index (χ4n) is 1.69. The Morgan fingerprint density at radius 2 is 1.82 bits per heavy atom. The van der Waals surface area contributed by atoms with E-state index in [1.165, 1.54) is 4.31 Å². The third kappa shape index (κ3) is 4.58. The van der Waals surface area contributed by atoms with Crippen LogP contribution in [-0.2, 0) is 15.0 Å². The zero-order chi connectivity index (χ0) is 13.1.